The second-order valence-electron chi connectivity index (χ2n) is 5.27. The van der Waals surface area contributed by atoms with E-state index in [9.17, 15) is 9.18 Å². The quantitative estimate of drug-likeness (QED) is 0.884. The summed E-state index contributed by atoms with van der Waals surface area (Å²) in [6, 6.07) is 14.3. The van der Waals surface area contributed by atoms with Crippen LogP contribution in [0.2, 0.25) is 0 Å². The second-order valence-corrected chi connectivity index (χ2v) is 5.27. The summed E-state index contributed by atoms with van der Waals surface area (Å²) < 4.78 is 13.5. The van der Waals surface area contributed by atoms with Gasteiger partial charge in [-0.2, -0.15) is 0 Å². The van der Waals surface area contributed by atoms with Crippen molar-refractivity contribution in [2.75, 3.05) is 5.32 Å². The number of carbonyl (C=O) groups excluding carboxylic acids is 1. The van der Waals surface area contributed by atoms with Crippen LogP contribution in [-0.4, -0.2) is 11.9 Å². The summed E-state index contributed by atoms with van der Waals surface area (Å²) in [6.07, 6.45) is 2.15. The van der Waals surface area contributed by atoms with Crippen LogP contribution in [-0.2, 0) is 6.54 Å². The van der Waals surface area contributed by atoms with Gasteiger partial charge in [0, 0.05) is 29.4 Å². The fourth-order valence-corrected chi connectivity index (χ4v) is 2.07. The van der Waals surface area contributed by atoms with Crippen molar-refractivity contribution in [3.8, 4) is 0 Å². The lowest BCUT2D eigenvalue weighted by Crippen LogP contribution is -2.25. The Morgan fingerprint density at radius 2 is 1.81 bits per heavy atom. The van der Waals surface area contributed by atoms with Gasteiger partial charge in [-0.3, -0.25) is 4.79 Å². The minimum Gasteiger partial charge on any atom is -0.381 e. The van der Waals surface area contributed by atoms with E-state index >= 15 is 0 Å². The molecule has 0 radical (unpaired) electrons. The van der Waals surface area contributed by atoms with Crippen LogP contribution in [0.3, 0.4) is 0 Å². The van der Waals surface area contributed by atoms with Crippen LogP contribution >= 0.6 is 0 Å². The highest BCUT2D eigenvalue weighted by Crippen LogP contribution is 2.20. The first-order chi connectivity index (χ1) is 10.2. The third kappa shape index (κ3) is 3.60. The smallest absolute Gasteiger partial charge is 0.251 e. The molecule has 1 fully saturated rings. The zero-order valence-corrected chi connectivity index (χ0v) is 11.6. The van der Waals surface area contributed by atoms with Gasteiger partial charge in [-0.1, -0.05) is 18.2 Å². The van der Waals surface area contributed by atoms with Gasteiger partial charge in [-0.05, 0) is 43.2 Å². The molecular weight excluding hydrogens is 267 g/mol. The summed E-state index contributed by atoms with van der Waals surface area (Å²) >= 11 is 0. The molecule has 0 unspecified atom stereocenters. The maximum atomic E-state index is 13.5. The molecule has 1 aliphatic rings. The van der Waals surface area contributed by atoms with E-state index in [1.54, 1.807) is 24.3 Å². The van der Waals surface area contributed by atoms with Crippen LogP contribution in [0.4, 0.5) is 10.1 Å². The highest BCUT2D eigenvalue weighted by molar-refractivity contribution is 5.94. The SMILES string of the molecule is O=C(NC1CC1)c1ccc(NCc2ccccc2F)cc1. The van der Waals surface area contributed by atoms with Crippen molar-refractivity contribution in [1.82, 2.24) is 5.32 Å². The number of benzene rings is 2. The fourth-order valence-electron chi connectivity index (χ4n) is 2.07. The molecule has 2 aromatic rings. The first-order valence-corrected chi connectivity index (χ1v) is 7.10. The van der Waals surface area contributed by atoms with Crippen LogP contribution < -0.4 is 10.6 Å². The molecular formula is C17H17FN2O. The highest BCUT2D eigenvalue weighted by Gasteiger charge is 2.23. The fraction of sp³-hybridized carbons (Fsp3) is 0.235. The Morgan fingerprint density at radius 1 is 1.10 bits per heavy atom. The van der Waals surface area contributed by atoms with E-state index < -0.39 is 0 Å². The van der Waals surface area contributed by atoms with Crippen molar-refractivity contribution in [2.45, 2.75) is 25.4 Å². The Bertz CT molecular complexity index is 635. The average Bonchev–Trinajstić information content (AvgIpc) is 3.31. The first kappa shape index (κ1) is 13.6. The van der Waals surface area contributed by atoms with Crippen LogP contribution in [0.25, 0.3) is 0 Å². The number of hydrogen-bond donors (Lipinski definition) is 2. The molecule has 3 rings (SSSR count). The molecule has 108 valence electrons. The number of amides is 1. The molecule has 4 heteroatoms. The second kappa shape index (κ2) is 5.95. The van der Waals surface area contributed by atoms with E-state index in [4.69, 9.17) is 0 Å². The third-order valence-corrected chi connectivity index (χ3v) is 3.50. The molecule has 0 aliphatic heterocycles. The maximum absolute atomic E-state index is 13.5. The Labute approximate surface area is 123 Å². The molecule has 21 heavy (non-hydrogen) atoms. The van der Waals surface area contributed by atoms with Crippen molar-refractivity contribution in [3.63, 3.8) is 0 Å². The van der Waals surface area contributed by atoms with Gasteiger partial charge < -0.3 is 10.6 Å². The largest absolute Gasteiger partial charge is 0.381 e. The number of carbonyl (C=O) groups is 1. The van der Waals surface area contributed by atoms with E-state index in [0.29, 0.717) is 23.7 Å². The molecule has 0 heterocycles. The van der Waals surface area contributed by atoms with E-state index in [2.05, 4.69) is 10.6 Å². The van der Waals surface area contributed by atoms with E-state index in [1.165, 1.54) is 6.07 Å². The molecule has 2 N–H and O–H groups in total. The van der Waals surface area contributed by atoms with Crippen LogP contribution in [0.1, 0.15) is 28.8 Å². The summed E-state index contributed by atoms with van der Waals surface area (Å²) in [5.41, 5.74) is 2.13. The van der Waals surface area contributed by atoms with Crippen molar-refractivity contribution in [2.24, 2.45) is 0 Å². The zero-order valence-electron chi connectivity index (χ0n) is 11.6. The van der Waals surface area contributed by atoms with Gasteiger partial charge in [-0.15, -0.1) is 0 Å². The molecule has 0 bridgehead atoms. The zero-order chi connectivity index (χ0) is 14.7. The first-order valence-electron chi connectivity index (χ1n) is 7.10. The molecule has 1 amide bonds. The summed E-state index contributed by atoms with van der Waals surface area (Å²) in [6.45, 7) is 0.417. The molecule has 0 aromatic heterocycles. The van der Waals surface area contributed by atoms with Crippen LogP contribution in [0.15, 0.2) is 48.5 Å². The van der Waals surface area contributed by atoms with Gasteiger partial charge in [-0.25, -0.2) is 4.39 Å². The van der Waals surface area contributed by atoms with Crippen molar-refractivity contribution < 1.29 is 9.18 Å². The van der Waals surface area contributed by atoms with E-state index in [-0.39, 0.29) is 11.7 Å². The van der Waals surface area contributed by atoms with E-state index in [0.717, 1.165) is 18.5 Å². The Hall–Kier alpha value is -2.36. The van der Waals surface area contributed by atoms with Gasteiger partial charge in [0.05, 0.1) is 0 Å². The van der Waals surface area contributed by atoms with Gasteiger partial charge in [0.2, 0.25) is 0 Å². The number of rotatable bonds is 5. The predicted octanol–water partition coefficient (Wildman–Crippen LogP) is 3.33. The molecule has 1 saturated carbocycles. The molecule has 1 aliphatic carbocycles. The standard InChI is InChI=1S/C17H17FN2O/c18-16-4-2-1-3-13(16)11-19-14-7-5-12(6-8-14)17(21)20-15-9-10-15/h1-8,15,19H,9-11H2,(H,20,21). The Morgan fingerprint density at radius 3 is 2.48 bits per heavy atom. The lowest BCUT2D eigenvalue weighted by atomic mass is 10.1. The molecule has 0 atom stereocenters. The lowest BCUT2D eigenvalue weighted by Gasteiger charge is -2.08. The topological polar surface area (TPSA) is 41.1 Å². The molecule has 3 nitrogen and oxygen atoms in total. The minimum absolute atomic E-state index is 0.0295. The van der Waals surface area contributed by atoms with Crippen molar-refractivity contribution in [3.05, 3.63) is 65.5 Å². The number of anilines is 1. The summed E-state index contributed by atoms with van der Waals surface area (Å²) in [7, 11) is 0. The predicted molar refractivity (Wildman–Crippen MR) is 80.7 cm³/mol. The number of hydrogen-bond acceptors (Lipinski definition) is 2. The summed E-state index contributed by atoms with van der Waals surface area (Å²) in [4.78, 5) is 11.8. The van der Waals surface area contributed by atoms with Gasteiger partial charge in [0.1, 0.15) is 5.82 Å². The number of halogens is 1. The third-order valence-electron chi connectivity index (χ3n) is 3.50. The summed E-state index contributed by atoms with van der Waals surface area (Å²) in [5, 5.41) is 6.10. The monoisotopic (exact) mass is 284 g/mol. The molecule has 2 aromatic carbocycles. The highest BCUT2D eigenvalue weighted by atomic mass is 19.1. The normalized spacial score (nSPS) is 13.8. The van der Waals surface area contributed by atoms with E-state index in [1.807, 2.05) is 18.2 Å². The average molecular weight is 284 g/mol. The molecule has 0 spiro atoms. The van der Waals surface area contributed by atoms with Gasteiger partial charge >= 0.3 is 0 Å². The Balaban J connectivity index is 1.59. The number of nitrogens with one attached hydrogen (secondary N) is 2. The minimum atomic E-state index is -0.217. The van der Waals surface area contributed by atoms with Crippen LogP contribution in [0.5, 0.6) is 0 Å². The van der Waals surface area contributed by atoms with Crippen molar-refractivity contribution >= 4 is 11.6 Å². The van der Waals surface area contributed by atoms with Gasteiger partial charge in [0.25, 0.3) is 5.91 Å². The Kier molecular flexibility index (Phi) is 3.86. The van der Waals surface area contributed by atoms with Crippen molar-refractivity contribution in [1.29, 1.82) is 0 Å². The summed E-state index contributed by atoms with van der Waals surface area (Å²) in [5.74, 6) is -0.247. The van der Waals surface area contributed by atoms with Gasteiger partial charge in [0.15, 0.2) is 0 Å². The molecule has 0 saturated heterocycles. The lowest BCUT2D eigenvalue weighted by molar-refractivity contribution is 0.0951. The maximum Gasteiger partial charge on any atom is 0.251 e. The van der Waals surface area contributed by atoms with Crippen LogP contribution in [0, 0.1) is 5.82 Å².